The van der Waals surface area contributed by atoms with Gasteiger partial charge in [0.1, 0.15) is 0 Å². The average Bonchev–Trinajstić information content (AvgIpc) is 3.40. The van der Waals surface area contributed by atoms with Gasteiger partial charge in [-0.05, 0) is 122 Å². The van der Waals surface area contributed by atoms with E-state index in [1.165, 1.54) is 90.0 Å². The van der Waals surface area contributed by atoms with Crippen molar-refractivity contribution < 1.29 is 4.74 Å². The second kappa shape index (κ2) is 24.0. The standard InChI is InChI=1S/C10H22N2O.C10H21N.C10H23N.C9H19N/c1-10(2,3)11-4-5-12-6-8-13-9-7-12;1-10(2,3)11-9-7-5-4-6-8-9;1-5-6-7-8-9-11-10(2,3)4;1-9(2,3)10-8-6-4-5-7-8/h11H,4-9H2,1-3H3;9,11H,4-8H2,1-3H3;11H,5-9H2,1-4H3;8,10H,4-7H2,1-3H3. The summed E-state index contributed by atoms with van der Waals surface area (Å²) in [6.45, 7) is 36.3. The lowest BCUT2D eigenvalue weighted by molar-refractivity contribution is 0.0378. The summed E-state index contributed by atoms with van der Waals surface area (Å²) in [5.41, 5.74) is 1.16. The van der Waals surface area contributed by atoms with Crippen LogP contribution in [0.1, 0.15) is 173 Å². The lowest BCUT2D eigenvalue weighted by Gasteiger charge is -2.31. The van der Waals surface area contributed by atoms with Crippen molar-refractivity contribution >= 4 is 0 Å². The van der Waals surface area contributed by atoms with Crippen molar-refractivity contribution in [2.75, 3.05) is 45.9 Å². The van der Waals surface area contributed by atoms with Crippen molar-refractivity contribution in [3.05, 3.63) is 0 Å². The van der Waals surface area contributed by atoms with Crippen LogP contribution < -0.4 is 21.3 Å². The molecule has 3 aliphatic rings. The molecule has 0 unspecified atom stereocenters. The molecule has 0 aromatic heterocycles. The number of nitrogens with one attached hydrogen (secondary N) is 4. The summed E-state index contributed by atoms with van der Waals surface area (Å²) in [5.74, 6) is 0. The zero-order valence-corrected chi connectivity index (χ0v) is 33.2. The van der Waals surface area contributed by atoms with Crippen LogP contribution in [0, 0.1) is 0 Å². The molecule has 1 heterocycles. The number of morpholine rings is 1. The summed E-state index contributed by atoms with van der Waals surface area (Å²) in [5, 5.41) is 14.2. The number of rotatable bonds is 10. The van der Waals surface area contributed by atoms with Crippen molar-refractivity contribution in [1.29, 1.82) is 0 Å². The summed E-state index contributed by atoms with van der Waals surface area (Å²) in [4.78, 5) is 2.45. The van der Waals surface area contributed by atoms with E-state index in [9.17, 15) is 0 Å². The summed E-state index contributed by atoms with van der Waals surface area (Å²) >= 11 is 0. The Labute approximate surface area is 284 Å². The van der Waals surface area contributed by atoms with Gasteiger partial charge in [0.25, 0.3) is 0 Å². The quantitative estimate of drug-likeness (QED) is 0.180. The van der Waals surface area contributed by atoms with E-state index in [1.54, 1.807) is 0 Å². The van der Waals surface area contributed by atoms with Crippen LogP contribution in [0.5, 0.6) is 0 Å². The minimum atomic E-state index is 0.242. The Bertz CT molecular complexity index is 653. The topological polar surface area (TPSA) is 60.6 Å². The molecular weight excluding hydrogens is 554 g/mol. The molecule has 0 bridgehead atoms. The SMILES string of the molecule is CC(C)(C)NC1CCCC1.CC(C)(C)NC1CCCCC1.CC(C)(C)NCCN1CCOCC1.CCCCCCNC(C)(C)C. The molecule has 272 valence electrons. The molecule has 2 aliphatic carbocycles. The minimum Gasteiger partial charge on any atom is -0.379 e. The van der Waals surface area contributed by atoms with E-state index in [2.05, 4.69) is 116 Å². The molecule has 0 atom stereocenters. The van der Waals surface area contributed by atoms with Crippen LogP contribution in [-0.2, 0) is 4.74 Å². The third-order valence-electron chi connectivity index (χ3n) is 8.11. The predicted molar refractivity (Wildman–Crippen MR) is 202 cm³/mol. The summed E-state index contributed by atoms with van der Waals surface area (Å²) in [6.07, 6.45) is 18.1. The molecule has 6 nitrogen and oxygen atoms in total. The van der Waals surface area contributed by atoms with Gasteiger partial charge < -0.3 is 26.0 Å². The van der Waals surface area contributed by atoms with Crippen LogP contribution in [-0.4, -0.2) is 85.1 Å². The molecule has 0 amide bonds. The van der Waals surface area contributed by atoms with Crippen LogP contribution in [0.2, 0.25) is 0 Å². The van der Waals surface area contributed by atoms with Crippen molar-refractivity contribution in [3.63, 3.8) is 0 Å². The number of ether oxygens (including phenoxy) is 1. The van der Waals surface area contributed by atoms with E-state index < -0.39 is 0 Å². The van der Waals surface area contributed by atoms with Crippen molar-refractivity contribution in [3.8, 4) is 0 Å². The number of hydrogen-bond acceptors (Lipinski definition) is 6. The monoisotopic (exact) mass is 640 g/mol. The molecule has 0 spiro atoms. The van der Waals surface area contributed by atoms with Gasteiger partial charge in [-0.3, -0.25) is 4.90 Å². The van der Waals surface area contributed by atoms with Gasteiger partial charge in [-0.25, -0.2) is 0 Å². The average molecular weight is 640 g/mol. The first kappa shape index (κ1) is 44.8. The van der Waals surface area contributed by atoms with Gasteiger partial charge >= 0.3 is 0 Å². The highest BCUT2D eigenvalue weighted by molar-refractivity contribution is 4.81. The van der Waals surface area contributed by atoms with E-state index in [4.69, 9.17) is 4.74 Å². The second-order valence-electron chi connectivity index (χ2n) is 18.0. The lowest BCUT2D eigenvalue weighted by Crippen LogP contribution is -2.44. The Hall–Kier alpha value is -0.240. The van der Waals surface area contributed by atoms with Crippen molar-refractivity contribution in [1.82, 2.24) is 26.2 Å². The van der Waals surface area contributed by atoms with Crippen LogP contribution in [0.4, 0.5) is 0 Å². The van der Waals surface area contributed by atoms with E-state index in [1.807, 2.05) is 0 Å². The van der Waals surface area contributed by atoms with Gasteiger partial charge in [0.15, 0.2) is 0 Å². The maximum absolute atomic E-state index is 5.28. The highest BCUT2D eigenvalue weighted by Gasteiger charge is 2.20. The second-order valence-corrected chi connectivity index (χ2v) is 18.0. The minimum absolute atomic E-state index is 0.242. The Balaban J connectivity index is 0.000000576. The molecule has 1 aliphatic heterocycles. The summed E-state index contributed by atoms with van der Waals surface area (Å²) in [7, 11) is 0. The lowest BCUT2D eigenvalue weighted by atomic mass is 9.93. The number of nitrogens with zero attached hydrogens (tertiary/aromatic N) is 1. The molecule has 3 fully saturated rings. The van der Waals surface area contributed by atoms with Gasteiger partial charge in [0, 0.05) is 60.4 Å². The van der Waals surface area contributed by atoms with Crippen molar-refractivity contribution in [2.24, 2.45) is 0 Å². The Morgan fingerprint density at radius 1 is 0.533 bits per heavy atom. The van der Waals surface area contributed by atoms with Gasteiger partial charge in [0.2, 0.25) is 0 Å². The van der Waals surface area contributed by atoms with Gasteiger partial charge in [-0.15, -0.1) is 0 Å². The molecule has 2 saturated carbocycles. The zero-order valence-electron chi connectivity index (χ0n) is 33.2. The molecule has 0 aromatic rings. The smallest absolute Gasteiger partial charge is 0.0594 e. The number of hydrogen-bond donors (Lipinski definition) is 4. The van der Waals surface area contributed by atoms with E-state index >= 15 is 0 Å². The highest BCUT2D eigenvalue weighted by Crippen LogP contribution is 2.20. The molecule has 1 saturated heterocycles. The fourth-order valence-electron chi connectivity index (χ4n) is 5.97. The fraction of sp³-hybridized carbons (Fsp3) is 1.00. The molecule has 45 heavy (non-hydrogen) atoms. The first-order valence-corrected chi connectivity index (χ1v) is 19.2. The maximum Gasteiger partial charge on any atom is 0.0594 e. The van der Waals surface area contributed by atoms with Crippen LogP contribution in [0.25, 0.3) is 0 Å². The molecule has 0 aromatic carbocycles. The summed E-state index contributed by atoms with van der Waals surface area (Å²) in [6, 6.07) is 1.60. The Kier molecular flexibility index (Phi) is 23.9. The van der Waals surface area contributed by atoms with E-state index in [-0.39, 0.29) is 5.54 Å². The third-order valence-corrected chi connectivity index (χ3v) is 8.11. The van der Waals surface area contributed by atoms with Crippen LogP contribution in [0.3, 0.4) is 0 Å². The number of unbranched alkanes of at least 4 members (excludes halogenated alkanes) is 3. The van der Waals surface area contributed by atoms with Crippen LogP contribution in [0.15, 0.2) is 0 Å². The maximum atomic E-state index is 5.28. The largest absolute Gasteiger partial charge is 0.379 e. The highest BCUT2D eigenvalue weighted by atomic mass is 16.5. The van der Waals surface area contributed by atoms with Gasteiger partial charge in [-0.1, -0.05) is 58.3 Å². The first-order chi connectivity index (χ1) is 20.8. The third kappa shape index (κ3) is 33.5. The first-order valence-electron chi connectivity index (χ1n) is 19.2. The Morgan fingerprint density at radius 3 is 1.36 bits per heavy atom. The van der Waals surface area contributed by atoms with Crippen molar-refractivity contribution in [2.45, 2.75) is 208 Å². The zero-order chi connectivity index (χ0) is 34.4. The predicted octanol–water partition coefficient (Wildman–Crippen LogP) is 8.69. The normalized spacial score (nSPS) is 19.1. The molecule has 0 radical (unpaired) electrons. The molecule has 3 rings (SSSR count). The molecule has 6 heteroatoms. The van der Waals surface area contributed by atoms with Gasteiger partial charge in [-0.2, -0.15) is 0 Å². The van der Waals surface area contributed by atoms with Crippen LogP contribution >= 0.6 is 0 Å². The molecule has 4 N–H and O–H groups in total. The molecular formula is C39H85N5O. The fourth-order valence-corrected chi connectivity index (χ4v) is 5.97. The van der Waals surface area contributed by atoms with Gasteiger partial charge in [0.05, 0.1) is 13.2 Å². The van der Waals surface area contributed by atoms with E-state index in [0.717, 1.165) is 51.5 Å². The van der Waals surface area contributed by atoms with E-state index in [0.29, 0.717) is 16.6 Å². The Morgan fingerprint density at radius 2 is 0.956 bits per heavy atom. The summed E-state index contributed by atoms with van der Waals surface area (Å²) < 4.78 is 5.28.